The number of aryl methyl sites for hydroxylation is 1. The molecule has 3 aromatic rings. The van der Waals surface area contributed by atoms with Crippen molar-refractivity contribution in [1.82, 2.24) is 18.7 Å². The van der Waals surface area contributed by atoms with E-state index in [1.807, 2.05) is 0 Å². The molecule has 10 nitrogen and oxygen atoms in total. The molecule has 4 rings (SSSR count). The van der Waals surface area contributed by atoms with Gasteiger partial charge >= 0.3 is 5.97 Å². The van der Waals surface area contributed by atoms with Gasteiger partial charge in [0, 0.05) is 38.2 Å². The van der Waals surface area contributed by atoms with E-state index < -0.39 is 21.9 Å². The van der Waals surface area contributed by atoms with Crippen LogP contribution >= 0.6 is 0 Å². The van der Waals surface area contributed by atoms with Gasteiger partial charge in [-0.15, -0.1) is 0 Å². The Hall–Kier alpha value is -3.44. The van der Waals surface area contributed by atoms with E-state index in [9.17, 15) is 18.0 Å². The number of piperidine rings is 1. The van der Waals surface area contributed by atoms with E-state index in [4.69, 9.17) is 4.74 Å². The van der Waals surface area contributed by atoms with Gasteiger partial charge in [0.25, 0.3) is 5.91 Å². The molecule has 0 bridgehead atoms. The summed E-state index contributed by atoms with van der Waals surface area (Å²) in [6.45, 7) is 3.00. The van der Waals surface area contributed by atoms with Crippen LogP contribution in [0, 0.1) is 0 Å². The number of carbonyl (C=O) groups excluding carboxylic acids is 2. The molecule has 34 heavy (non-hydrogen) atoms. The third kappa shape index (κ3) is 4.90. The molecule has 0 radical (unpaired) electrons. The topological polar surface area (TPSA) is 116 Å². The number of aromatic nitrogens is 3. The van der Waals surface area contributed by atoms with Gasteiger partial charge in [-0.05, 0) is 56.2 Å². The zero-order chi connectivity index (χ0) is 24.3. The Balaban J connectivity index is 1.46. The second-order valence-corrected chi connectivity index (χ2v) is 9.94. The van der Waals surface area contributed by atoms with Crippen molar-refractivity contribution in [3.63, 3.8) is 0 Å². The Labute approximate surface area is 198 Å². The van der Waals surface area contributed by atoms with E-state index in [2.05, 4.69) is 10.4 Å². The Morgan fingerprint density at radius 2 is 1.79 bits per heavy atom. The highest BCUT2D eigenvalue weighted by molar-refractivity contribution is 7.89. The average Bonchev–Trinajstić information content (AvgIpc) is 3.48. The number of esters is 1. The fourth-order valence-corrected chi connectivity index (χ4v) is 5.42. The number of hydrogen-bond acceptors (Lipinski definition) is 6. The molecule has 2 aromatic heterocycles. The number of nitrogens with zero attached hydrogens (tertiary/aromatic N) is 4. The highest BCUT2D eigenvalue weighted by atomic mass is 32.2. The summed E-state index contributed by atoms with van der Waals surface area (Å²) in [6.07, 6.45) is 5.84. The quantitative estimate of drug-likeness (QED) is 0.515. The Morgan fingerprint density at radius 1 is 1.09 bits per heavy atom. The average molecular weight is 486 g/mol. The number of anilines is 1. The van der Waals surface area contributed by atoms with Crippen molar-refractivity contribution in [2.75, 3.05) is 25.0 Å². The summed E-state index contributed by atoms with van der Waals surface area (Å²) in [7, 11) is -1.98. The maximum Gasteiger partial charge on any atom is 0.358 e. The van der Waals surface area contributed by atoms with Crippen molar-refractivity contribution in [2.24, 2.45) is 7.05 Å². The molecular weight excluding hydrogens is 458 g/mol. The summed E-state index contributed by atoms with van der Waals surface area (Å²) in [4.78, 5) is 24.7. The van der Waals surface area contributed by atoms with Gasteiger partial charge in [-0.1, -0.05) is 6.42 Å². The third-order valence-corrected chi connectivity index (χ3v) is 7.49. The molecular formula is C23H27N5O5S. The predicted molar refractivity (Wildman–Crippen MR) is 125 cm³/mol. The molecule has 0 spiro atoms. The number of ether oxygens (including phenoxy) is 1. The second kappa shape index (κ2) is 9.82. The molecule has 0 saturated carbocycles. The number of hydrogen-bond donors (Lipinski definition) is 1. The lowest BCUT2D eigenvalue weighted by Gasteiger charge is -2.25. The summed E-state index contributed by atoms with van der Waals surface area (Å²) in [5.41, 5.74) is 1.68. The van der Waals surface area contributed by atoms with Crippen LogP contribution in [0.1, 0.15) is 47.2 Å². The molecule has 1 aliphatic heterocycles. The fourth-order valence-electron chi connectivity index (χ4n) is 3.83. The molecule has 1 aromatic carbocycles. The van der Waals surface area contributed by atoms with Crippen molar-refractivity contribution in [3.8, 4) is 5.69 Å². The van der Waals surface area contributed by atoms with Crippen LogP contribution in [0.3, 0.4) is 0 Å². The van der Waals surface area contributed by atoms with Gasteiger partial charge in [-0.2, -0.15) is 9.40 Å². The number of carbonyl (C=O) groups is 2. The van der Waals surface area contributed by atoms with Gasteiger partial charge in [0.15, 0.2) is 5.69 Å². The molecule has 11 heteroatoms. The van der Waals surface area contributed by atoms with Gasteiger partial charge in [0.05, 0.1) is 12.3 Å². The van der Waals surface area contributed by atoms with Crippen LogP contribution < -0.4 is 5.32 Å². The molecule has 1 saturated heterocycles. The van der Waals surface area contributed by atoms with E-state index in [1.54, 1.807) is 50.5 Å². The van der Waals surface area contributed by atoms with Crippen LogP contribution in [0.5, 0.6) is 0 Å². The number of nitrogens with one attached hydrogen (secondary N) is 1. The summed E-state index contributed by atoms with van der Waals surface area (Å²) in [5.74, 6) is -0.909. The number of rotatable bonds is 7. The molecule has 1 aliphatic rings. The van der Waals surface area contributed by atoms with Gasteiger partial charge in [0.1, 0.15) is 10.6 Å². The number of benzene rings is 1. The zero-order valence-electron chi connectivity index (χ0n) is 19.1. The first-order valence-electron chi connectivity index (χ1n) is 11.1. The first-order chi connectivity index (χ1) is 16.3. The molecule has 180 valence electrons. The summed E-state index contributed by atoms with van der Waals surface area (Å²) in [6, 6.07) is 9.87. The largest absolute Gasteiger partial charge is 0.461 e. The van der Waals surface area contributed by atoms with Crippen molar-refractivity contribution >= 4 is 27.6 Å². The maximum atomic E-state index is 12.9. The van der Waals surface area contributed by atoms with Crippen LogP contribution in [-0.2, 0) is 21.8 Å². The fraction of sp³-hybridized carbons (Fsp3) is 0.348. The number of sulfonamides is 1. The van der Waals surface area contributed by atoms with Crippen LogP contribution in [0.15, 0.2) is 53.7 Å². The molecule has 0 aliphatic carbocycles. The van der Waals surface area contributed by atoms with Crippen LogP contribution in [-0.4, -0.2) is 58.6 Å². The first-order valence-corrected chi connectivity index (χ1v) is 12.5. The first kappa shape index (κ1) is 23.7. The monoisotopic (exact) mass is 485 g/mol. The molecule has 0 atom stereocenters. The van der Waals surface area contributed by atoms with Crippen LogP contribution in [0.4, 0.5) is 5.69 Å². The van der Waals surface area contributed by atoms with E-state index >= 15 is 0 Å². The summed E-state index contributed by atoms with van der Waals surface area (Å²) in [5, 5.41) is 6.99. The molecule has 1 N–H and O–H groups in total. The van der Waals surface area contributed by atoms with Crippen molar-refractivity contribution < 1.29 is 22.7 Å². The van der Waals surface area contributed by atoms with Gasteiger partial charge < -0.3 is 14.6 Å². The number of amides is 1. The predicted octanol–water partition coefficient (Wildman–Crippen LogP) is 2.81. The van der Waals surface area contributed by atoms with E-state index in [-0.39, 0.29) is 22.9 Å². The van der Waals surface area contributed by atoms with Crippen molar-refractivity contribution in [2.45, 2.75) is 31.1 Å². The smallest absolute Gasteiger partial charge is 0.358 e. The molecule has 3 heterocycles. The zero-order valence-corrected chi connectivity index (χ0v) is 19.9. The van der Waals surface area contributed by atoms with Gasteiger partial charge in [-0.25, -0.2) is 17.9 Å². The molecule has 1 fully saturated rings. The highest BCUT2D eigenvalue weighted by Gasteiger charge is 2.28. The van der Waals surface area contributed by atoms with Crippen molar-refractivity contribution in [1.29, 1.82) is 0 Å². The van der Waals surface area contributed by atoms with Gasteiger partial charge in [0.2, 0.25) is 10.0 Å². The lowest BCUT2D eigenvalue weighted by atomic mass is 10.2. The summed E-state index contributed by atoms with van der Waals surface area (Å²) >= 11 is 0. The van der Waals surface area contributed by atoms with E-state index in [0.29, 0.717) is 24.5 Å². The highest BCUT2D eigenvalue weighted by Crippen LogP contribution is 2.23. The Morgan fingerprint density at radius 3 is 2.47 bits per heavy atom. The van der Waals surface area contributed by atoms with E-state index in [0.717, 1.165) is 19.3 Å². The van der Waals surface area contributed by atoms with Gasteiger partial charge in [-0.3, -0.25) is 4.79 Å². The minimum atomic E-state index is -3.62. The Kier molecular flexibility index (Phi) is 6.85. The third-order valence-electron chi connectivity index (χ3n) is 5.63. The Bertz CT molecular complexity index is 1290. The SMILES string of the molecule is CCOC(=O)c1ccn(-c2ccc(NC(=O)c3cc(S(=O)(=O)N4CCCCC4)cn3C)cc2)n1. The normalized spacial score (nSPS) is 14.6. The lowest BCUT2D eigenvalue weighted by Crippen LogP contribution is -2.35. The molecule has 1 amide bonds. The van der Waals surface area contributed by atoms with Crippen LogP contribution in [0.2, 0.25) is 0 Å². The van der Waals surface area contributed by atoms with E-state index in [1.165, 1.54) is 25.8 Å². The van der Waals surface area contributed by atoms with Crippen molar-refractivity contribution in [3.05, 3.63) is 60.2 Å². The lowest BCUT2D eigenvalue weighted by molar-refractivity contribution is 0.0518. The minimum Gasteiger partial charge on any atom is -0.461 e. The standard InChI is InChI=1S/C23H27N5O5S/c1-3-33-23(30)20-11-14-28(25-20)18-9-7-17(8-10-18)24-22(29)21-15-19(16-26(21)2)34(31,32)27-12-5-4-6-13-27/h7-11,14-16H,3-6,12-13H2,1-2H3,(H,24,29). The maximum absolute atomic E-state index is 12.9. The molecule has 0 unspecified atom stereocenters. The second-order valence-electron chi connectivity index (χ2n) is 8.00. The minimum absolute atomic E-state index is 0.119. The van der Waals surface area contributed by atoms with Crippen LogP contribution in [0.25, 0.3) is 5.69 Å². The summed E-state index contributed by atoms with van der Waals surface area (Å²) < 4.78 is 35.3.